The molecule has 172 valence electrons. The van der Waals surface area contributed by atoms with Gasteiger partial charge in [0.05, 0.1) is 17.5 Å². The molecule has 0 spiro atoms. The summed E-state index contributed by atoms with van der Waals surface area (Å²) in [5.74, 6) is 0.299. The number of anilines is 1. The molecule has 2 amide bonds. The number of carbonyl (C=O) groups is 3. The second-order valence-corrected chi connectivity index (χ2v) is 9.29. The van der Waals surface area contributed by atoms with Crippen LogP contribution in [-0.4, -0.2) is 24.2 Å². The zero-order valence-corrected chi connectivity index (χ0v) is 19.1. The molecule has 1 saturated carbocycles. The van der Waals surface area contributed by atoms with Crippen molar-refractivity contribution in [1.82, 2.24) is 0 Å². The molecule has 0 radical (unpaired) electrons. The van der Waals surface area contributed by atoms with Gasteiger partial charge < -0.3 is 4.74 Å². The number of hydrogen-bond acceptors (Lipinski definition) is 4. The Labute approximate surface area is 199 Å². The molecule has 0 unspecified atom stereocenters. The van der Waals surface area contributed by atoms with Crippen molar-refractivity contribution in [3.05, 3.63) is 84.4 Å². The van der Waals surface area contributed by atoms with Gasteiger partial charge in [0.1, 0.15) is 5.75 Å². The van der Waals surface area contributed by atoms with Gasteiger partial charge in [0.2, 0.25) is 11.8 Å². The Kier molecular flexibility index (Phi) is 6.01. The van der Waals surface area contributed by atoms with Crippen molar-refractivity contribution >= 4 is 23.3 Å². The van der Waals surface area contributed by atoms with Crippen LogP contribution < -0.4 is 9.64 Å². The third kappa shape index (κ3) is 4.26. The smallest absolute Gasteiger partial charge is 0.237 e. The summed E-state index contributed by atoms with van der Waals surface area (Å²) in [6.45, 7) is 2.05. The van der Waals surface area contributed by atoms with E-state index in [1.165, 1.54) is 4.90 Å². The van der Waals surface area contributed by atoms with Crippen LogP contribution in [0, 0.1) is 17.8 Å². The van der Waals surface area contributed by atoms with Gasteiger partial charge in [-0.25, -0.2) is 0 Å². The van der Waals surface area contributed by atoms with Crippen molar-refractivity contribution < 1.29 is 19.1 Å². The summed E-state index contributed by atoms with van der Waals surface area (Å²) in [6.07, 6.45) is 2.55. The highest BCUT2D eigenvalue weighted by atomic mass is 16.5. The number of rotatable bonds is 6. The van der Waals surface area contributed by atoms with Gasteiger partial charge in [-0.15, -0.1) is 0 Å². The zero-order chi connectivity index (χ0) is 23.7. The topological polar surface area (TPSA) is 63.7 Å². The normalized spacial score (nSPS) is 21.9. The van der Waals surface area contributed by atoms with E-state index in [0.717, 1.165) is 30.4 Å². The minimum Gasteiger partial charge on any atom is -0.485 e. The Balaban J connectivity index is 1.21. The summed E-state index contributed by atoms with van der Waals surface area (Å²) in [6, 6.07) is 24.3. The Morgan fingerprint density at radius 3 is 2.18 bits per heavy atom. The van der Waals surface area contributed by atoms with Gasteiger partial charge >= 0.3 is 0 Å². The average Bonchev–Trinajstić information content (AvgIpc) is 3.12. The Morgan fingerprint density at radius 1 is 0.824 bits per heavy atom. The second-order valence-electron chi connectivity index (χ2n) is 9.29. The van der Waals surface area contributed by atoms with Crippen LogP contribution >= 0.6 is 0 Å². The van der Waals surface area contributed by atoms with E-state index in [-0.39, 0.29) is 36.0 Å². The van der Waals surface area contributed by atoms with Gasteiger partial charge in [-0.1, -0.05) is 61.5 Å². The monoisotopic (exact) mass is 453 g/mol. The van der Waals surface area contributed by atoms with Gasteiger partial charge in [-0.2, -0.15) is 0 Å². The largest absolute Gasteiger partial charge is 0.485 e. The molecule has 5 heteroatoms. The molecule has 3 atom stereocenters. The number of fused-ring (bicyclic) bond motifs is 1. The van der Waals surface area contributed by atoms with Crippen molar-refractivity contribution in [1.29, 1.82) is 0 Å². The van der Waals surface area contributed by atoms with Crippen LogP contribution in [-0.2, 0) is 9.59 Å². The van der Waals surface area contributed by atoms with E-state index in [9.17, 15) is 14.4 Å². The van der Waals surface area contributed by atoms with E-state index in [1.807, 2.05) is 54.6 Å². The molecule has 0 N–H and O–H groups in total. The average molecular weight is 454 g/mol. The van der Waals surface area contributed by atoms with Crippen molar-refractivity contribution in [2.24, 2.45) is 17.8 Å². The number of benzene rings is 3. The molecule has 34 heavy (non-hydrogen) atoms. The van der Waals surface area contributed by atoms with Crippen LogP contribution in [0.3, 0.4) is 0 Å². The summed E-state index contributed by atoms with van der Waals surface area (Å²) >= 11 is 0. The molecular formula is C29H27NO4. The van der Waals surface area contributed by atoms with Crippen LogP contribution in [0.25, 0.3) is 11.1 Å². The first kappa shape index (κ1) is 22.1. The maximum Gasteiger partial charge on any atom is 0.237 e. The van der Waals surface area contributed by atoms with Gasteiger partial charge in [0, 0.05) is 5.56 Å². The van der Waals surface area contributed by atoms with Crippen molar-refractivity contribution in [3.8, 4) is 16.9 Å². The highest BCUT2D eigenvalue weighted by molar-refractivity contribution is 6.22. The molecule has 1 aliphatic carbocycles. The summed E-state index contributed by atoms with van der Waals surface area (Å²) in [5, 5.41) is 0. The van der Waals surface area contributed by atoms with Crippen LogP contribution in [0.1, 0.15) is 36.5 Å². The molecule has 1 heterocycles. The molecule has 3 aromatic rings. The predicted octanol–water partition coefficient (Wildman–Crippen LogP) is 5.54. The minimum atomic E-state index is -0.196. The maximum atomic E-state index is 12.9. The number of nitrogens with zero attached hydrogens (tertiary/aromatic N) is 1. The Morgan fingerprint density at radius 2 is 1.47 bits per heavy atom. The molecule has 0 aromatic heterocycles. The highest BCUT2D eigenvalue weighted by Crippen LogP contribution is 2.42. The number of hydrogen-bond donors (Lipinski definition) is 0. The molecule has 0 bridgehead atoms. The van der Waals surface area contributed by atoms with Crippen molar-refractivity contribution in [2.75, 3.05) is 11.5 Å². The van der Waals surface area contributed by atoms with Gasteiger partial charge in [-0.05, 0) is 60.6 Å². The number of Topliss-reactive ketones (excluding diaryl/α,β-unsaturated/α-hetero) is 1. The first-order valence-electron chi connectivity index (χ1n) is 11.8. The number of amides is 2. The zero-order valence-electron chi connectivity index (χ0n) is 19.1. The Bertz CT molecular complexity index is 1200. The summed E-state index contributed by atoms with van der Waals surface area (Å²) in [7, 11) is 0. The van der Waals surface area contributed by atoms with Crippen LogP contribution in [0.4, 0.5) is 5.69 Å². The van der Waals surface area contributed by atoms with Crippen LogP contribution in [0.2, 0.25) is 0 Å². The standard InChI is InChI=1S/C29H27NO4/c1-19-7-16-25-26(17-19)29(33)30(28(25)32)23-12-14-24(15-13-23)34-18-27(31)22-10-8-21(9-11-22)20-5-3-2-4-6-20/h2-6,8-15,19,25-26H,7,16-18H2,1H3/t19-,25+,26-/m1/s1. The van der Waals surface area contributed by atoms with Crippen molar-refractivity contribution in [3.63, 3.8) is 0 Å². The number of imide groups is 1. The molecule has 2 fully saturated rings. The van der Waals surface area contributed by atoms with Gasteiger partial charge in [0.25, 0.3) is 0 Å². The van der Waals surface area contributed by atoms with E-state index in [4.69, 9.17) is 4.74 Å². The van der Waals surface area contributed by atoms with E-state index >= 15 is 0 Å². The number of ketones is 1. The van der Waals surface area contributed by atoms with E-state index in [2.05, 4.69) is 6.92 Å². The first-order chi connectivity index (χ1) is 16.5. The predicted molar refractivity (Wildman–Crippen MR) is 131 cm³/mol. The highest BCUT2D eigenvalue weighted by Gasteiger charge is 2.49. The fraction of sp³-hybridized carbons (Fsp3) is 0.276. The SMILES string of the molecule is C[C@@H]1CC[C@@H]2C(=O)N(c3ccc(OCC(=O)c4ccc(-c5ccccc5)cc4)cc3)C(=O)[C@@H]2C1. The fourth-order valence-corrected chi connectivity index (χ4v) is 5.05. The van der Waals surface area contributed by atoms with Crippen molar-refractivity contribution in [2.45, 2.75) is 26.2 Å². The summed E-state index contributed by atoms with van der Waals surface area (Å²) < 4.78 is 5.68. The molecule has 1 aliphatic heterocycles. The molecule has 1 saturated heterocycles. The molecule has 3 aromatic carbocycles. The van der Waals surface area contributed by atoms with E-state index < -0.39 is 0 Å². The van der Waals surface area contributed by atoms with E-state index in [0.29, 0.717) is 22.9 Å². The number of carbonyl (C=O) groups excluding carboxylic acids is 3. The molecule has 5 nitrogen and oxygen atoms in total. The van der Waals surface area contributed by atoms with Gasteiger partial charge in [-0.3, -0.25) is 19.3 Å². The third-order valence-corrected chi connectivity index (χ3v) is 6.97. The molecule has 5 rings (SSSR count). The van der Waals surface area contributed by atoms with E-state index in [1.54, 1.807) is 24.3 Å². The maximum absolute atomic E-state index is 12.9. The number of ether oxygens (including phenoxy) is 1. The second kappa shape index (κ2) is 9.26. The fourth-order valence-electron chi connectivity index (χ4n) is 5.05. The lowest BCUT2D eigenvalue weighted by Crippen LogP contribution is -2.30. The first-order valence-corrected chi connectivity index (χ1v) is 11.8. The molecular weight excluding hydrogens is 426 g/mol. The van der Waals surface area contributed by atoms with Crippen LogP contribution in [0.15, 0.2) is 78.9 Å². The Hall–Kier alpha value is -3.73. The minimum absolute atomic E-state index is 0.0896. The lowest BCUT2D eigenvalue weighted by atomic mass is 9.76. The van der Waals surface area contributed by atoms with Gasteiger partial charge in [0.15, 0.2) is 12.4 Å². The van der Waals surface area contributed by atoms with Crippen LogP contribution in [0.5, 0.6) is 5.75 Å². The lowest BCUT2D eigenvalue weighted by molar-refractivity contribution is -0.122. The molecule has 2 aliphatic rings. The summed E-state index contributed by atoms with van der Waals surface area (Å²) in [4.78, 5) is 39.7. The quantitative estimate of drug-likeness (QED) is 0.363. The third-order valence-electron chi connectivity index (χ3n) is 6.97. The lowest BCUT2D eigenvalue weighted by Gasteiger charge is -2.25. The summed E-state index contributed by atoms with van der Waals surface area (Å²) in [5.41, 5.74) is 3.30.